The summed E-state index contributed by atoms with van der Waals surface area (Å²) >= 11 is 0. The van der Waals surface area contributed by atoms with Crippen molar-refractivity contribution in [3.63, 3.8) is 0 Å². The van der Waals surface area contributed by atoms with Gasteiger partial charge in [-0.25, -0.2) is 9.97 Å². The van der Waals surface area contributed by atoms with E-state index in [1.807, 2.05) is 0 Å². The van der Waals surface area contributed by atoms with Crippen LogP contribution >= 0.6 is 0 Å². The molecule has 7 nitrogen and oxygen atoms in total. The van der Waals surface area contributed by atoms with E-state index < -0.39 is 0 Å². The molecule has 3 aromatic rings. The molecule has 7 heteroatoms. The largest absolute Gasteiger partial charge is 0.369 e. The summed E-state index contributed by atoms with van der Waals surface area (Å²) in [6.45, 7) is 12.0. The smallest absolute Gasteiger partial charge is 0.223 e. The summed E-state index contributed by atoms with van der Waals surface area (Å²) in [6.07, 6.45) is 5.76. The predicted molar refractivity (Wildman–Crippen MR) is 165 cm³/mol. The highest BCUT2D eigenvalue weighted by atomic mass is 15.2. The number of aromatic nitrogens is 2. The van der Waals surface area contributed by atoms with Gasteiger partial charge in [-0.2, -0.15) is 0 Å². The van der Waals surface area contributed by atoms with Gasteiger partial charge >= 0.3 is 0 Å². The van der Waals surface area contributed by atoms with Gasteiger partial charge in [0.15, 0.2) is 0 Å². The Labute approximate surface area is 240 Å². The van der Waals surface area contributed by atoms with Gasteiger partial charge in [-0.05, 0) is 70.1 Å². The second-order valence-corrected chi connectivity index (χ2v) is 11.7. The molecule has 6 rings (SSSR count). The molecule has 0 bridgehead atoms. The highest BCUT2D eigenvalue weighted by molar-refractivity contribution is 5.68. The van der Waals surface area contributed by atoms with E-state index in [4.69, 9.17) is 9.97 Å². The summed E-state index contributed by atoms with van der Waals surface area (Å²) in [6, 6.07) is 20.0. The van der Waals surface area contributed by atoms with Gasteiger partial charge in [-0.15, -0.1) is 0 Å². The van der Waals surface area contributed by atoms with Crippen molar-refractivity contribution in [1.29, 1.82) is 0 Å². The Hall–Kier alpha value is -3.00. The number of nitrogens with zero attached hydrogens (tertiary/aromatic N) is 6. The van der Waals surface area contributed by atoms with E-state index in [9.17, 15) is 0 Å². The van der Waals surface area contributed by atoms with Crippen LogP contribution in [0, 0.1) is 0 Å². The van der Waals surface area contributed by atoms with Crippen molar-refractivity contribution < 1.29 is 0 Å². The molecule has 40 heavy (non-hydrogen) atoms. The standard InChI is InChI=1S/C33H45N7/c1-37-22-24-40(25-23-37)29-12-10-28(11-13-29)32-30-14-20-39(26-27-8-3-2-4-9-27)21-15-31(30)35-33(36-32)34-16-7-19-38-17-5-6-18-38/h2-4,8-13H,5-7,14-26H2,1H3,(H,34,35,36). The molecule has 0 amide bonds. The van der Waals surface area contributed by atoms with Crippen LogP contribution in [0.1, 0.15) is 36.1 Å². The molecule has 0 radical (unpaired) electrons. The molecular formula is C33H45N7. The molecular weight excluding hydrogens is 494 g/mol. The summed E-state index contributed by atoms with van der Waals surface area (Å²) in [5.41, 5.74) is 7.54. The first-order valence-corrected chi connectivity index (χ1v) is 15.4. The molecule has 0 spiro atoms. The lowest BCUT2D eigenvalue weighted by Gasteiger charge is -2.34. The zero-order valence-corrected chi connectivity index (χ0v) is 24.2. The number of rotatable bonds is 9. The van der Waals surface area contributed by atoms with E-state index in [0.717, 1.165) is 89.8 Å². The van der Waals surface area contributed by atoms with Gasteiger partial charge in [0.1, 0.15) is 0 Å². The fourth-order valence-corrected chi connectivity index (χ4v) is 6.37. The quantitative estimate of drug-likeness (QED) is 0.405. The van der Waals surface area contributed by atoms with Crippen LogP contribution in [0.2, 0.25) is 0 Å². The van der Waals surface area contributed by atoms with E-state index in [1.54, 1.807) is 0 Å². The third-order valence-corrected chi connectivity index (χ3v) is 8.83. The van der Waals surface area contributed by atoms with Crippen molar-refractivity contribution in [2.45, 2.75) is 38.6 Å². The third kappa shape index (κ3) is 6.82. The zero-order valence-electron chi connectivity index (χ0n) is 24.2. The Morgan fingerprint density at radius 3 is 2.27 bits per heavy atom. The van der Waals surface area contributed by atoms with Gasteiger partial charge in [0.2, 0.25) is 5.95 Å². The van der Waals surface area contributed by atoms with Gasteiger partial charge in [0.25, 0.3) is 0 Å². The highest BCUT2D eigenvalue weighted by Crippen LogP contribution is 2.30. The first-order chi connectivity index (χ1) is 19.7. The van der Waals surface area contributed by atoms with E-state index in [-0.39, 0.29) is 0 Å². The molecule has 2 aromatic carbocycles. The first-order valence-electron chi connectivity index (χ1n) is 15.4. The Kier molecular flexibility index (Phi) is 8.91. The summed E-state index contributed by atoms with van der Waals surface area (Å²) in [5, 5.41) is 3.59. The number of benzene rings is 2. The zero-order chi connectivity index (χ0) is 27.1. The van der Waals surface area contributed by atoms with E-state index in [1.165, 1.54) is 54.0 Å². The summed E-state index contributed by atoms with van der Waals surface area (Å²) in [7, 11) is 2.21. The average Bonchev–Trinajstić information content (AvgIpc) is 3.43. The molecule has 3 aliphatic heterocycles. The van der Waals surface area contributed by atoms with Crippen molar-refractivity contribution in [2.24, 2.45) is 0 Å². The van der Waals surface area contributed by atoms with Crippen LogP contribution in [-0.4, -0.2) is 97.2 Å². The van der Waals surface area contributed by atoms with Crippen molar-refractivity contribution in [1.82, 2.24) is 24.7 Å². The van der Waals surface area contributed by atoms with Crippen LogP contribution < -0.4 is 10.2 Å². The van der Waals surface area contributed by atoms with Crippen molar-refractivity contribution in [3.8, 4) is 11.3 Å². The lowest BCUT2D eigenvalue weighted by atomic mass is 10.0. The molecule has 4 heterocycles. The minimum absolute atomic E-state index is 0.787. The van der Waals surface area contributed by atoms with Crippen molar-refractivity contribution >= 4 is 11.6 Å². The average molecular weight is 540 g/mol. The number of likely N-dealkylation sites (N-methyl/N-ethyl adjacent to an activating group) is 1. The van der Waals surface area contributed by atoms with Gasteiger partial charge < -0.3 is 20.0 Å². The van der Waals surface area contributed by atoms with Crippen LogP contribution in [-0.2, 0) is 19.4 Å². The molecule has 0 unspecified atom stereocenters. The first kappa shape index (κ1) is 27.2. The molecule has 0 aliphatic carbocycles. The number of fused-ring (bicyclic) bond motifs is 1. The second-order valence-electron chi connectivity index (χ2n) is 11.7. The number of anilines is 2. The van der Waals surface area contributed by atoms with Gasteiger partial charge in [-0.1, -0.05) is 42.5 Å². The Bertz CT molecular complexity index is 1220. The maximum absolute atomic E-state index is 5.15. The van der Waals surface area contributed by atoms with Gasteiger partial charge in [0.05, 0.1) is 11.4 Å². The SMILES string of the molecule is CN1CCN(c2ccc(-c3nc(NCCCN4CCCC4)nc4c3CCN(Cc3ccccc3)CC4)cc2)CC1. The summed E-state index contributed by atoms with van der Waals surface area (Å²) in [4.78, 5) is 20.3. The fraction of sp³-hybridized carbons (Fsp3) is 0.515. The molecule has 2 saturated heterocycles. The Balaban J connectivity index is 1.20. The number of nitrogens with one attached hydrogen (secondary N) is 1. The van der Waals surface area contributed by atoms with E-state index in [0.29, 0.717) is 0 Å². The number of hydrogen-bond donors (Lipinski definition) is 1. The Morgan fingerprint density at radius 1 is 0.750 bits per heavy atom. The second kappa shape index (κ2) is 13.1. The molecule has 1 N–H and O–H groups in total. The van der Waals surface area contributed by atoms with Crippen LogP contribution in [0.25, 0.3) is 11.3 Å². The van der Waals surface area contributed by atoms with Crippen LogP contribution in [0.4, 0.5) is 11.6 Å². The highest BCUT2D eigenvalue weighted by Gasteiger charge is 2.22. The molecule has 0 saturated carbocycles. The minimum Gasteiger partial charge on any atom is -0.369 e. The molecule has 212 valence electrons. The van der Waals surface area contributed by atoms with Crippen molar-refractivity contribution in [2.75, 3.05) is 82.7 Å². The molecule has 2 fully saturated rings. The normalized spacial score (nSPS) is 19.0. The Morgan fingerprint density at radius 2 is 1.50 bits per heavy atom. The summed E-state index contributed by atoms with van der Waals surface area (Å²) < 4.78 is 0. The molecule has 1 aromatic heterocycles. The predicted octanol–water partition coefficient (Wildman–Crippen LogP) is 4.39. The molecule has 3 aliphatic rings. The summed E-state index contributed by atoms with van der Waals surface area (Å²) in [5.74, 6) is 0.787. The van der Waals surface area contributed by atoms with Gasteiger partial charge in [-0.3, -0.25) is 4.90 Å². The van der Waals surface area contributed by atoms with Crippen molar-refractivity contribution in [3.05, 3.63) is 71.4 Å². The third-order valence-electron chi connectivity index (χ3n) is 8.83. The van der Waals surface area contributed by atoms with Crippen LogP contribution in [0.5, 0.6) is 0 Å². The fourth-order valence-electron chi connectivity index (χ4n) is 6.37. The molecule has 0 atom stereocenters. The van der Waals surface area contributed by atoms with Crippen LogP contribution in [0.15, 0.2) is 54.6 Å². The van der Waals surface area contributed by atoms with Crippen LogP contribution in [0.3, 0.4) is 0 Å². The lowest BCUT2D eigenvalue weighted by molar-refractivity contribution is 0.279. The topological polar surface area (TPSA) is 50.8 Å². The number of hydrogen-bond acceptors (Lipinski definition) is 7. The monoisotopic (exact) mass is 539 g/mol. The minimum atomic E-state index is 0.787. The number of likely N-dealkylation sites (tertiary alicyclic amines) is 1. The maximum Gasteiger partial charge on any atom is 0.223 e. The maximum atomic E-state index is 5.15. The van der Waals surface area contributed by atoms with Gasteiger partial charge in [0, 0.05) is 75.6 Å². The number of piperazine rings is 1. The lowest BCUT2D eigenvalue weighted by Crippen LogP contribution is -2.44. The van der Waals surface area contributed by atoms with E-state index >= 15 is 0 Å². The van der Waals surface area contributed by atoms with E-state index in [2.05, 4.69) is 86.6 Å².